The molecule has 6 heteroatoms. The Labute approximate surface area is 402 Å². The van der Waals surface area contributed by atoms with Gasteiger partial charge in [-0.05, 0) is 103 Å². The van der Waals surface area contributed by atoms with Gasteiger partial charge in [0, 0.05) is 19.3 Å². The number of carbonyl (C=O) groups is 3. The predicted molar refractivity (Wildman–Crippen MR) is 279 cm³/mol. The van der Waals surface area contributed by atoms with Crippen LogP contribution in [-0.2, 0) is 28.6 Å². The first-order chi connectivity index (χ1) is 32.0. The molecule has 0 amide bonds. The van der Waals surface area contributed by atoms with Gasteiger partial charge in [-0.2, -0.15) is 0 Å². The van der Waals surface area contributed by atoms with Crippen molar-refractivity contribution in [1.29, 1.82) is 0 Å². The summed E-state index contributed by atoms with van der Waals surface area (Å²) in [5.41, 5.74) is 0. The Morgan fingerprint density at radius 2 is 0.585 bits per heavy atom. The topological polar surface area (TPSA) is 78.9 Å². The molecule has 0 aliphatic carbocycles. The van der Waals surface area contributed by atoms with Crippen molar-refractivity contribution in [1.82, 2.24) is 0 Å². The monoisotopic (exact) mass is 907 g/mol. The molecule has 0 bridgehead atoms. The average Bonchev–Trinajstić information content (AvgIpc) is 3.30. The van der Waals surface area contributed by atoms with Crippen LogP contribution in [0.25, 0.3) is 0 Å². The van der Waals surface area contributed by atoms with Gasteiger partial charge in [-0.1, -0.05) is 216 Å². The number of hydrogen-bond donors (Lipinski definition) is 0. The summed E-state index contributed by atoms with van der Waals surface area (Å²) in [4.78, 5) is 38.0. The zero-order valence-electron chi connectivity index (χ0n) is 42.7. The molecule has 65 heavy (non-hydrogen) atoms. The number of carbonyl (C=O) groups excluding carboxylic acids is 3. The first-order valence-electron chi connectivity index (χ1n) is 27.4. The van der Waals surface area contributed by atoms with Crippen LogP contribution in [0.15, 0.2) is 72.9 Å². The minimum Gasteiger partial charge on any atom is -0.462 e. The van der Waals surface area contributed by atoms with Crippen molar-refractivity contribution in [2.45, 2.75) is 271 Å². The molecule has 374 valence electrons. The van der Waals surface area contributed by atoms with Crippen molar-refractivity contribution in [2.75, 3.05) is 13.2 Å². The summed E-state index contributed by atoms with van der Waals surface area (Å²) in [6, 6.07) is 0. The molecule has 0 aromatic rings. The summed E-state index contributed by atoms with van der Waals surface area (Å²) < 4.78 is 16.8. The second kappa shape index (κ2) is 53.5. The van der Waals surface area contributed by atoms with E-state index in [1.165, 1.54) is 141 Å². The maximum Gasteiger partial charge on any atom is 0.306 e. The van der Waals surface area contributed by atoms with E-state index >= 15 is 0 Å². The molecule has 0 rings (SSSR count). The molecule has 1 unspecified atom stereocenters. The fourth-order valence-electron chi connectivity index (χ4n) is 7.50. The summed E-state index contributed by atoms with van der Waals surface area (Å²) in [5, 5.41) is 0. The Balaban J connectivity index is 4.45. The number of esters is 3. The van der Waals surface area contributed by atoms with Crippen LogP contribution in [0.4, 0.5) is 0 Å². The lowest BCUT2D eigenvalue weighted by atomic mass is 10.1. The van der Waals surface area contributed by atoms with Gasteiger partial charge in [-0.3, -0.25) is 14.4 Å². The van der Waals surface area contributed by atoms with Crippen LogP contribution in [0.2, 0.25) is 0 Å². The van der Waals surface area contributed by atoms with E-state index in [9.17, 15) is 14.4 Å². The fraction of sp³-hybridized carbons (Fsp3) is 0.746. The third-order valence-corrected chi connectivity index (χ3v) is 11.7. The van der Waals surface area contributed by atoms with Crippen molar-refractivity contribution in [3.8, 4) is 0 Å². The smallest absolute Gasteiger partial charge is 0.306 e. The number of rotatable bonds is 49. The van der Waals surface area contributed by atoms with E-state index in [0.717, 1.165) is 77.0 Å². The van der Waals surface area contributed by atoms with E-state index in [1.807, 2.05) is 6.08 Å². The van der Waals surface area contributed by atoms with Crippen molar-refractivity contribution < 1.29 is 28.6 Å². The third kappa shape index (κ3) is 51.7. The van der Waals surface area contributed by atoms with Crippen LogP contribution in [0.1, 0.15) is 265 Å². The van der Waals surface area contributed by atoms with Crippen LogP contribution in [0, 0.1) is 0 Å². The summed E-state index contributed by atoms with van der Waals surface area (Å²) in [6.07, 6.45) is 67.5. The Bertz CT molecular complexity index is 1230. The van der Waals surface area contributed by atoms with Crippen molar-refractivity contribution in [3.63, 3.8) is 0 Å². The fourth-order valence-corrected chi connectivity index (χ4v) is 7.50. The first kappa shape index (κ1) is 61.9. The van der Waals surface area contributed by atoms with E-state index < -0.39 is 6.10 Å². The van der Waals surface area contributed by atoms with Crippen LogP contribution in [0.5, 0.6) is 0 Å². The number of hydrogen-bond acceptors (Lipinski definition) is 6. The molecule has 0 aliphatic rings. The molecule has 0 aliphatic heterocycles. The minimum absolute atomic E-state index is 0.0997. The lowest BCUT2D eigenvalue weighted by molar-refractivity contribution is -0.166. The predicted octanol–water partition coefficient (Wildman–Crippen LogP) is 18.2. The quantitative estimate of drug-likeness (QED) is 0.0262. The van der Waals surface area contributed by atoms with Gasteiger partial charge in [0.25, 0.3) is 0 Å². The van der Waals surface area contributed by atoms with Gasteiger partial charge in [0.1, 0.15) is 13.2 Å². The lowest BCUT2D eigenvalue weighted by Crippen LogP contribution is -2.30. The summed E-state index contributed by atoms with van der Waals surface area (Å²) in [6.45, 7) is 6.52. The zero-order chi connectivity index (χ0) is 47.2. The van der Waals surface area contributed by atoms with Gasteiger partial charge < -0.3 is 14.2 Å². The molecular formula is C59H102O6. The van der Waals surface area contributed by atoms with Crippen LogP contribution < -0.4 is 0 Å². The molecule has 0 radical (unpaired) electrons. The standard InChI is InChI=1S/C59H102O6/c1-4-7-10-13-16-19-22-25-27-29-31-34-37-40-43-46-49-52-58(61)64-55-56(54-63-57(60)51-48-45-42-39-36-33-24-21-18-15-12-9-6-3)65-59(62)53-50-47-44-41-38-35-32-30-28-26-23-20-17-14-11-8-5-2/h16-17,19-20,25-28,33,36,42,45,56H,4-15,18,21-24,29-32,34-35,37-41,43-44,46-55H2,1-3H3/b19-16+,20-17+,27-25+,28-26+,36-33+,45-42+. The SMILES string of the molecule is CCCCC/C=C/C/C=C/CCCCCCCCCC(=O)OCC(COC(=O)CC/C=C/C/C=C/CCCCCCCC)OC(=O)CCCCCCCCC/C=C/C/C=C/CCCCC. The Hall–Kier alpha value is -3.15. The van der Waals surface area contributed by atoms with Gasteiger partial charge >= 0.3 is 17.9 Å². The molecule has 1 atom stereocenters. The Morgan fingerprint density at radius 3 is 0.969 bits per heavy atom. The number of unbranched alkanes of at least 4 members (excludes halogenated alkanes) is 26. The highest BCUT2D eigenvalue weighted by atomic mass is 16.6. The molecule has 0 saturated heterocycles. The van der Waals surface area contributed by atoms with Crippen LogP contribution in [0.3, 0.4) is 0 Å². The summed E-state index contributed by atoms with van der Waals surface area (Å²) in [5.74, 6) is -0.981. The molecule has 0 spiro atoms. The normalized spacial score (nSPS) is 12.6. The molecular weight excluding hydrogens is 805 g/mol. The first-order valence-corrected chi connectivity index (χ1v) is 27.4. The Morgan fingerprint density at radius 1 is 0.308 bits per heavy atom. The molecule has 0 aromatic carbocycles. The molecule has 0 aromatic heterocycles. The maximum atomic E-state index is 12.8. The summed E-state index contributed by atoms with van der Waals surface area (Å²) >= 11 is 0. The molecule has 0 fully saturated rings. The van der Waals surface area contributed by atoms with Gasteiger partial charge in [0.15, 0.2) is 6.10 Å². The van der Waals surface area contributed by atoms with Crippen LogP contribution >= 0.6 is 0 Å². The zero-order valence-corrected chi connectivity index (χ0v) is 42.7. The van der Waals surface area contributed by atoms with Gasteiger partial charge in [0.05, 0.1) is 0 Å². The second-order valence-corrected chi connectivity index (χ2v) is 18.1. The van der Waals surface area contributed by atoms with E-state index in [2.05, 4.69) is 87.6 Å². The van der Waals surface area contributed by atoms with Gasteiger partial charge in [-0.15, -0.1) is 0 Å². The average molecular weight is 907 g/mol. The van der Waals surface area contributed by atoms with Crippen molar-refractivity contribution in [3.05, 3.63) is 72.9 Å². The van der Waals surface area contributed by atoms with Gasteiger partial charge in [-0.25, -0.2) is 0 Å². The van der Waals surface area contributed by atoms with E-state index in [-0.39, 0.29) is 37.5 Å². The van der Waals surface area contributed by atoms with Crippen molar-refractivity contribution >= 4 is 17.9 Å². The molecule has 0 heterocycles. The Kier molecular flexibility index (Phi) is 50.9. The highest BCUT2D eigenvalue weighted by Crippen LogP contribution is 2.14. The van der Waals surface area contributed by atoms with E-state index in [4.69, 9.17) is 14.2 Å². The van der Waals surface area contributed by atoms with Crippen molar-refractivity contribution in [2.24, 2.45) is 0 Å². The molecule has 0 N–H and O–H groups in total. The number of ether oxygens (including phenoxy) is 3. The minimum atomic E-state index is -0.805. The highest BCUT2D eigenvalue weighted by Gasteiger charge is 2.19. The van der Waals surface area contributed by atoms with Gasteiger partial charge in [0.2, 0.25) is 0 Å². The summed E-state index contributed by atoms with van der Waals surface area (Å²) in [7, 11) is 0. The maximum absolute atomic E-state index is 12.8. The number of allylic oxidation sites excluding steroid dienone is 12. The third-order valence-electron chi connectivity index (χ3n) is 11.7. The lowest BCUT2D eigenvalue weighted by Gasteiger charge is -2.18. The van der Waals surface area contributed by atoms with E-state index in [0.29, 0.717) is 19.3 Å². The largest absolute Gasteiger partial charge is 0.462 e. The van der Waals surface area contributed by atoms with E-state index in [1.54, 1.807) is 0 Å². The highest BCUT2D eigenvalue weighted by molar-refractivity contribution is 5.71. The molecule has 6 nitrogen and oxygen atoms in total. The van der Waals surface area contributed by atoms with Crippen LogP contribution in [-0.4, -0.2) is 37.2 Å². The second-order valence-electron chi connectivity index (χ2n) is 18.1. The molecule has 0 saturated carbocycles.